The lowest BCUT2D eigenvalue weighted by Gasteiger charge is -2.54. The number of carbonyl (C=O) groups is 1. The van der Waals surface area contributed by atoms with Gasteiger partial charge in [0, 0.05) is 6.42 Å². The maximum absolute atomic E-state index is 10.8. The van der Waals surface area contributed by atoms with Gasteiger partial charge in [0.05, 0.1) is 12.0 Å². The molecular formula is C23H34O4. The van der Waals surface area contributed by atoms with Gasteiger partial charge in [-0.15, -0.1) is 0 Å². The van der Waals surface area contributed by atoms with E-state index in [2.05, 4.69) is 24.8 Å². The van der Waals surface area contributed by atoms with Gasteiger partial charge in [-0.1, -0.05) is 43.3 Å². The zero-order chi connectivity index (χ0) is 19.6. The van der Waals surface area contributed by atoms with Gasteiger partial charge >= 0.3 is 5.97 Å². The summed E-state index contributed by atoms with van der Waals surface area (Å²) in [5, 5.41) is 30.3. The molecular weight excluding hydrogens is 340 g/mol. The Kier molecular flexibility index (Phi) is 6.33. The summed E-state index contributed by atoms with van der Waals surface area (Å²) in [7, 11) is 0. The van der Waals surface area contributed by atoms with Crippen molar-refractivity contribution < 1.29 is 20.1 Å². The average Bonchev–Trinajstić information content (AvgIpc) is 3.14. The van der Waals surface area contributed by atoms with E-state index in [1.807, 2.05) is 6.92 Å². The van der Waals surface area contributed by atoms with E-state index in [1.54, 1.807) is 0 Å². The van der Waals surface area contributed by atoms with Gasteiger partial charge in [0.2, 0.25) is 0 Å². The minimum Gasteiger partial charge on any atom is -0.481 e. The van der Waals surface area contributed by atoms with Crippen LogP contribution in [0.3, 0.4) is 0 Å². The summed E-state index contributed by atoms with van der Waals surface area (Å²) in [5.74, 6) is 7.00. The third-order valence-corrected chi connectivity index (χ3v) is 7.21. The molecule has 0 aromatic carbocycles. The fraction of sp³-hybridized carbons (Fsp3) is 0.783. The van der Waals surface area contributed by atoms with E-state index >= 15 is 0 Å². The van der Waals surface area contributed by atoms with Crippen molar-refractivity contribution in [2.45, 2.75) is 83.3 Å². The molecule has 3 N–H and O–H groups in total. The third-order valence-electron chi connectivity index (χ3n) is 7.21. The Labute approximate surface area is 163 Å². The molecule has 0 aromatic rings. The molecule has 150 valence electrons. The topological polar surface area (TPSA) is 77.8 Å². The highest BCUT2D eigenvalue weighted by Gasteiger charge is 2.52. The van der Waals surface area contributed by atoms with Gasteiger partial charge in [0.15, 0.2) is 0 Å². The van der Waals surface area contributed by atoms with Crippen LogP contribution in [0, 0.1) is 41.4 Å². The van der Waals surface area contributed by atoms with Gasteiger partial charge < -0.3 is 15.3 Å². The number of aliphatic hydroxyl groups is 2. The summed E-state index contributed by atoms with van der Waals surface area (Å²) in [4.78, 5) is 10.8. The van der Waals surface area contributed by atoms with Gasteiger partial charge in [-0.25, -0.2) is 0 Å². The molecule has 0 bridgehead atoms. The monoisotopic (exact) mass is 374 g/mol. The molecule has 4 heteroatoms. The van der Waals surface area contributed by atoms with Crippen LogP contribution in [0.15, 0.2) is 11.6 Å². The second kappa shape index (κ2) is 8.37. The number of hydrogen-bond donors (Lipinski definition) is 3. The molecule has 4 nitrogen and oxygen atoms in total. The number of hydrogen-bond acceptors (Lipinski definition) is 3. The van der Waals surface area contributed by atoms with Crippen molar-refractivity contribution in [1.29, 1.82) is 0 Å². The minimum absolute atomic E-state index is 0.0850. The molecule has 0 aliphatic heterocycles. The molecule has 27 heavy (non-hydrogen) atoms. The summed E-state index contributed by atoms with van der Waals surface area (Å²) < 4.78 is 0. The first kappa shape index (κ1) is 20.4. The van der Waals surface area contributed by atoms with Crippen LogP contribution < -0.4 is 0 Å². The van der Waals surface area contributed by atoms with Crippen molar-refractivity contribution in [2.75, 3.05) is 0 Å². The van der Waals surface area contributed by atoms with Gasteiger partial charge in [0.25, 0.3) is 0 Å². The molecule has 0 saturated heterocycles. The molecule has 3 rings (SSSR count). The highest BCUT2D eigenvalue weighted by Crippen LogP contribution is 2.57. The van der Waals surface area contributed by atoms with Crippen molar-refractivity contribution in [3.8, 4) is 11.8 Å². The summed E-state index contributed by atoms with van der Waals surface area (Å²) in [5.41, 5.74) is 0.416. The molecule has 0 aromatic heterocycles. The van der Waals surface area contributed by atoms with E-state index in [1.165, 1.54) is 18.4 Å². The number of carboxylic acids is 1. The van der Waals surface area contributed by atoms with E-state index in [0.717, 1.165) is 32.1 Å². The molecule has 3 fully saturated rings. The molecule has 0 amide bonds. The standard InChI is InChI=1S/C23H34O4/c1-3-16-17(9-6-10-21(25)26)18-11-12-20(24)19(22(16)18)13-14-23(2,27)15-7-4-5-8-15/h9,15-16,18-20,22,24,27H,3-8,10-12H2,1-2H3,(H,25,26)/t16?,18-,19+,20-,22+,23?/m0/s1. The van der Waals surface area contributed by atoms with Gasteiger partial charge in [0.1, 0.15) is 5.60 Å². The first-order chi connectivity index (χ1) is 12.8. The number of allylic oxidation sites excluding steroid dienone is 2. The molecule has 3 saturated carbocycles. The lowest BCUT2D eigenvalue weighted by atomic mass is 9.50. The minimum atomic E-state index is -0.964. The lowest BCUT2D eigenvalue weighted by molar-refractivity contribution is -0.136. The first-order valence-corrected chi connectivity index (χ1v) is 10.7. The van der Waals surface area contributed by atoms with E-state index in [0.29, 0.717) is 24.2 Å². The van der Waals surface area contributed by atoms with E-state index < -0.39 is 17.7 Å². The Morgan fingerprint density at radius 1 is 1.26 bits per heavy atom. The van der Waals surface area contributed by atoms with E-state index in [9.17, 15) is 15.0 Å². The molecule has 0 radical (unpaired) electrons. The summed E-state index contributed by atoms with van der Waals surface area (Å²) in [6, 6.07) is 0. The fourth-order valence-electron chi connectivity index (χ4n) is 5.71. The Hall–Kier alpha value is -1.31. The van der Waals surface area contributed by atoms with Gasteiger partial charge in [-0.2, -0.15) is 0 Å². The van der Waals surface area contributed by atoms with Crippen molar-refractivity contribution in [3.63, 3.8) is 0 Å². The lowest BCUT2D eigenvalue weighted by Crippen LogP contribution is -2.51. The largest absolute Gasteiger partial charge is 0.481 e. The second-order valence-corrected chi connectivity index (χ2v) is 8.90. The predicted molar refractivity (Wildman–Crippen MR) is 105 cm³/mol. The third kappa shape index (κ3) is 4.25. The van der Waals surface area contributed by atoms with Crippen LogP contribution in [0.25, 0.3) is 0 Å². The van der Waals surface area contributed by atoms with Crippen LogP contribution >= 0.6 is 0 Å². The van der Waals surface area contributed by atoms with Crippen LogP contribution in [0.5, 0.6) is 0 Å². The zero-order valence-electron chi connectivity index (χ0n) is 16.7. The maximum atomic E-state index is 10.8. The highest BCUT2D eigenvalue weighted by atomic mass is 16.4. The Morgan fingerprint density at radius 2 is 1.96 bits per heavy atom. The van der Waals surface area contributed by atoms with Crippen molar-refractivity contribution in [3.05, 3.63) is 11.6 Å². The normalized spacial score (nSPS) is 37.0. The number of aliphatic hydroxyl groups excluding tert-OH is 1. The Morgan fingerprint density at radius 3 is 2.59 bits per heavy atom. The van der Waals surface area contributed by atoms with Gasteiger partial charge in [-0.05, 0) is 69.1 Å². The van der Waals surface area contributed by atoms with Crippen molar-refractivity contribution in [2.24, 2.45) is 29.6 Å². The average molecular weight is 375 g/mol. The molecule has 6 atom stereocenters. The van der Waals surface area contributed by atoms with Gasteiger partial charge in [-0.3, -0.25) is 4.79 Å². The molecule has 3 aliphatic carbocycles. The fourth-order valence-corrected chi connectivity index (χ4v) is 5.71. The van der Waals surface area contributed by atoms with Crippen molar-refractivity contribution in [1.82, 2.24) is 0 Å². The molecule has 0 heterocycles. The highest BCUT2D eigenvalue weighted by molar-refractivity contribution is 5.66. The van der Waals surface area contributed by atoms with Crippen LogP contribution in [0.1, 0.15) is 71.6 Å². The molecule has 3 aliphatic rings. The maximum Gasteiger partial charge on any atom is 0.303 e. The number of aliphatic carboxylic acids is 1. The zero-order valence-corrected chi connectivity index (χ0v) is 16.7. The first-order valence-electron chi connectivity index (χ1n) is 10.7. The Balaban J connectivity index is 1.74. The van der Waals surface area contributed by atoms with Crippen LogP contribution in [0.2, 0.25) is 0 Å². The number of fused-ring (bicyclic) bond motifs is 1. The summed E-state index contributed by atoms with van der Waals surface area (Å²) >= 11 is 0. The van der Waals surface area contributed by atoms with E-state index in [4.69, 9.17) is 5.11 Å². The molecule has 0 spiro atoms. The molecule has 2 unspecified atom stereocenters. The van der Waals surface area contributed by atoms with Crippen LogP contribution in [-0.2, 0) is 4.79 Å². The number of rotatable bonds is 5. The van der Waals surface area contributed by atoms with E-state index in [-0.39, 0.29) is 18.3 Å². The SMILES string of the molecule is CCC1C(=CCCC(=O)O)[C@@H]2CC[C@H](O)[C@@H](C#CC(C)(O)C3CCCC3)[C@H]12. The van der Waals surface area contributed by atoms with Crippen LogP contribution in [0.4, 0.5) is 0 Å². The summed E-state index contributed by atoms with van der Waals surface area (Å²) in [6.45, 7) is 3.99. The number of carboxylic acid groups (broad SMARTS) is 1. The smallest absolute Gasteiger partial charge is 0.303 e. The second-order valence-electron chi connectivity index (χ2n) is 8.90. The summed E-state index contributed by atoms with van der Waals surface area (Å²) in [6.07, 6.45) is 9.55. The Bertz CT molecular complexity index is 624. The van der Waals surface area contributed by atoms with Crippen LogP contribution in [-0.4, -0.2) is 33.0 Å². The quantitative estimate of drug-likeness (QED) is 0.506. The predicted octanol–water partition coefficient (Wildman–Crippen LogP) is 3.77. The van der Waals surface area contributed by atoms with Crippen molar-refractivity contribution >= 4 is 5.97 Å².